The molecule has 1 aliphatic rings. The number of pyridine rings is 3. The number of anilines is 3. The molecular formula is C22H21ClN8O. The second-order valence-electron chi connectivity index (χ2n) is 7.27. The van der Waals surface area contributed by atoms with Crippen LogP contribution >= 0.6 is 11.6 Å². The van der Waals surface area contributed by atoms with Crippen molar-refractivity contribution in [2.24, 2.45) is 0 Å². The van der Waals surface area contributed by atoms with Crippen LogP contribution in [0, 0.1) is 0 Å². The summed E-state index contributed by atoms with van der Waals surface area (Å²) in [5.74, 6) is 2.76. The number of fused-ring (bicyclic) bond motifs is 1. The zero-order chi connectivity index (χ0) is 21.9. The maximum Gasteiger partial charge on any atom is 0.162 e. The Kier molecular flexibility index (Phi) is 5.66. The molecule has 0 saturated carbocycles. The van der Waals surface area contributed by atoms with Crippen LogP contribution in [0.1, 0.15) is 0 Å². The van der Waals surface area contributed by atoms with E-state index in [9.17, 15) is 0 Å². The summed E-state index contributed by atoms with van der Waals surface area (Å²) in [7, 11) is 1.64. The molecule has 9 nitrogen and oxygen atoms in total. The number of rotatable bonds is 5. The summed E-state index contributed by atoms with van der Waals surface area (Å²) < 4.78 is 5.58. The molecule has 0 bridgehead atoms. The molecule has 1 fully saturated rings. The third-order valence-corrected chi connectivity index (χ3v) is 5.43. The van der Waals surface area contributed by atoms with Crippen LogP contribution in [0.25, 0.3) is 22.3 Å². The van der Waals surface area contributed by atoms with Gasteiger partial charge in [-0.2, -0.15) is 0 Å². The van der Waals surface area contributed by atoms with Crippen molar-refractivity contribution in [2.45, 2.75) is 0 Å². The lowest BCUT2D eigenvalue weighted by Crippen LogP contribution is -2.44. The molecule has 5 rings (SSSR count). The summed E-state index contributed by atoms with van der Waals surface area (Å²) in [5.41, 5.74) is 2.36. The van der Waals surface area contributed by atoms with Crippen molar-refractivity contribution in [1.29, 1.82) is 0 Å². The lowest BCUT2D eigenvalue weighted by molar-refractivity contribution is 0.418. The van der Waals surface area contributed by atoms with E-state index in [0.29, 0.717) is 22.5 Å². The third kappa shape index (κ3) is 4.12. The van der Waals surface area contributed by atoms with E-state index in [1.54, 1.807) is 38.0 Å². The molecule has 32 heavy (non-hydrogen) atoms. The Hall–Kier alpha value is -3.56. The fourth-order valence-electron chi connectivity index (χ4n) is 3.66. The predicted octanol–water partition coefficient (Wildman–Crippen LogP) is 3.30. The summed E-state index contributed by atoms with van der Waals surface area (Å²) in [6, 6.07) is 7.36. The van der Waals surface area contributed by atoms with Crippen molar-refractivity contribution in [3.05, 3.63) is 54.2 Å². The van der Waals surface area contributed by atoms with Crippen LogP contribution in [-0.4, -0.2) is 58.2 Å². The molecule has 0 unspecified atom stereocenters. The zero-order valence-corrected chi connectivity index (χ0v) is 18.2. The summed E-state index contributed by atoms with van der Waals surface area (Å²) >= 11 is 5.88. The van der Waals surface area contributed by atoms with Gasteiger partial charge < -0.3 is 20.3 Å². The zero-order valence-electron chi connectivity index (χ0n) is 17.4. The number of ether oxygens (including phenoxy) is 1. The van der Waals surface area contributed by atoms with Crippen molar-refractivity contribution in [2.75, 3.05) is 43.5 Å². The summed E-state index contributed by atoms with van der Waals surface area (Å²) in [6.45, 7) is 3.49. The van der Waals surface area contributed by atoms with Gasteiger partial charge in [0.05, 0.1) is 42.3 Å². The largest absolute Gasteiger partial charge is 0.494 e. The van der Waals surface area contributed by atoms with Crippen molar-refractivity contribution >= 4 is 39.8 Å². The van der Waals surface area contributed by atoms with Gasteiger partial charge in [0.2, 0.25) is 0 Å². The Morgan fingerprint density at radius 2 is 1.94 bits per heavy atom. The average Bonchev–Trinajstić information content (AvgIpc) is 2.85. The first-order valence-corrected chi connectivity index (χ1v) is 10.6. The van der Waals surface area contributed by atoms with E-state index in [2.05, 4.69) is 30.5 Å². The number of nitrogens with one attached hydrogen (secondary N) is 2. The Morgan fingerprint density at radius 3 is 2.72 bits per heavy atom. The molecule has 0 aliphatic carbocycles. The van der Waals surface area contributed by atoms with Gasteiger partial charge in [-0.05, 0) is 24.3 Å². The van der Waals surface area contributed by atoms with Crippen LogP contribution < -0.4 is 20.3 Å². The minimum absolute atomic E-state index is 0.436. The SMILES string of the molecule is COc1cncc2nc(-c3ccnc(Nc4ccc(Cl)nc4)c3)nc(N3CCNCC3)c12. The highest BCUT2D eigenvalue weighted by atomic mass is 35.5. The van der Waals surface area contributed by atoms with Crippen molar-refractivity contribution in [3.63, 3.8) is 0 Å². The van der Waals surface area contributed by atoms with E-state index in [-0.39, 0.29) is 0 Å². The van der Waals surface area contributed by atoms with Gasteiger partial charge in [0, 0.05) is 37.9 Å². The lowest BCUT2D eigenvalue weighted by Gasteiger charge is -2.29. The molecule has 5 heterocycles. The van der Waals surface area contributed by atoms with Crippen molar-refractivity contribution in [1.82, 2.24) is 30.2 Å². The van der Waals surface area contributed by atoms with E-state index in [0.717, 1.165) is 54.2 Å². The highest BCUT2D eigenvalue weighted by Crippen LogP contribution is 2.34. The van der Waals surface area contributed by atoms with E-state index in [1.807, 2.05) is 18.2 Å². The lowest BCUT2D eigenvalue weighted by atomic mass is 10.2. The van der Waals surface area contributed by atoms with Crippen molar-refractivity contribution < 1.29 is 4.74 Å². The number of hydrogen-bond donors (Lipinski definition) is 2. The van der Waals surface area contributed by atoms with Gasteiger partial charge in [0.15, 0.2) is 5.82 Å². The fourth-order valence-corrected chi connectivity index (χ4v) is 3.77. The molecule has 1 aliphatic heterocycles. The Morgan fingerprint density at radius 1 is 1.06 bits per heavy atom. The van der Waals surface area contributed by atoms with Gasteiger partial charge >= 0.3 is 0 Å². The van der Waals surface area contributed by atoms with Crippen LogP contribution in [0.5, 0.6) is 5.75 Å². The van der Waals surface area contributed by atoms with Gasteiger partial charge in [-0.1, -0.05) is 11.6 Å². The van der Waals surface area contributed by atoms with Gasteiger partial charge in [-0.25, -0.2) is 19.9 Å². The first kappa shape index (κ1) is 20.3. The van der Waals surface area contributed by atoms with Crippen molar-refractivity contribution in [3.8, 4) is 17.1 Å². The quantitative estimate of drug-likeness (QED) is 0.445. The molecule has 0 atom stereocenters. The maximum atomic E-state index is 5.88. The monoisotopic (exact) mass is 448 g/mol. The average molecular weight is 449 g/mol. The number of piperazine rings is 1. The van der Waals surface area contributed by atoms with E-state index >= 15 is 0 Å². The van der Waals surface area contributed by atoms with Gasteiger partial charge in [-0.3, -0.25) is 4.98 Å². The number of hydrogen-bond acceptors (Lipinski definition) is 9. The minimum Gasteiger partial charge on any atom is -0.494 e. The molecule has 0 spiro atoms. The molecule has 162 valence electrons. The van der Waals surface area contributed by atoms with E-state index < -0.39 is 0 Å². The smallest absolute Gasteiger partial charge is 0.162 e. The molecule has 4 aromatic rings. The van der Waals surface area contributed by atoms with Crippen LogP contribution in [0.4, 0.5) is 17.3 Å². The first-order valence-electron chi connectivity index (χ1n) is 10.2. The van der Waals surface area contributed by atoms with Gasteiger partial charge in [0.1, 0.15) is 22.5 Å². The molecule has 0 aromatic carbocycles. The predicted molar refractivity (Wildman–Crippen MR) is 125 cm³/mol. The topological polar surface area (TPSA) is 101 Å². The van der Waals surface area contributed by atoms with Gasteiger partial charge in [-0.15, -0.1) is 0 Å². The first-order chi connectivity index (χ1) is 15.7. The molecule has 0 amide bonds. The van der Waals surface area contributed by atoms with E-state index in [4.69, 9.17) is 26.3 Å². The second-order valence-corrected chi connectivity index (χ2v) is 7.66. The Labute approximate surface area is 189 Å². The molecular weight excluding hydrogens is 428 g/mol. The third-order valence-electron chi connectivity index (χ3n) is 5.21. The normalized spacial score (nSPS) is 13.9. The Balaban J connectivity index is 1.57. The summed E-state index contributed by atoms with van der Waals surface area (Å²) in [4.78, 5) is 24.8. The number of halogens is 1. The number of methoxy groups -OCH3 is 1. The highest BCUT2D eigenvalue weighted by molar-refractivity contribution is 6.29. The van der Waals surface area contributed by atoms with Gasteiger partial charge in [0.25, 0.3) is 0 Å². The molecule has 4 aromatic heterocycles. The van der Waals surface area contributed by atoms with E-state index in [1.165, 1.54) is 0 Å². The van der Waals surface area contributed by atoms with Crippen LogP contribution in [0.2, 0.25) is 5.15 Å². The Bertz CT molecular complexity index is 1240. The highest BCUT2D eigenvalue weighted by Gasteiger charge is 2.20. The summed E-state index contributed by atoms with van der Waals surface area (Å²) in [6.07, 6.45) is 6.83. The van der Waals surface area contributed by atoms with Crippen LogP contribution in [0.15, 0.2) is 49.1 Å². The minimum atomic E-state index is 0.436. The second kappa shape index (κ2) is 8.89. The molecule has 10 heteroatoms. The van der Waals surface area contributed by atoms with Crippen LogP contribution in [0.3, 0.4) is 0 Å². The molecule has 1 saturated heterocycles. The molecule has 0 radical (unpaired) electrons. The fraction of sp³-hybridized carbons (Fsp3) is 0.227. The molecule has 2 N–H and O–H groups in total. The summed E-state index contributed by atoms with van der Waals surface area (Å²) in [5, 5.41) is 7.92. The maximum absolute atomic E-state index is 5.88. The number of aromatic nitrogens is 5. The van der Waals surface area contributed by atoms with Crippen LogP contribution in [-0.2, 0) is 0 Å². The number of nitrogens with zero attached hydrogens (tertiary/aromatic N) is 6. The standard InChI is InChI=1S/C22H21ClN8O/c1-32-17-13-25-12-16-20(17)22(31-8-6-24-7-9-31)30-21(29-16)14-4-5-26-19(10-14)28-15-2-3-18(23)27-11-15/h2-5,10-13,24H,6-9H2,1H3,(H,26,28).